The van der Waals surface area contributed by atoms with E-state index in [9.17, 15) is 4.79 Å². The minimum Gasteiger partial charge on any atom is -0.369 e. The normalized spacial score (nSPS) is 11.1. The summed E-state index contributed by atoms with van der Waals surface area (Å²) in [5.41, 5.74) is 8.45. The number of nitrogens with two attached hydrogens (primary N) is 1. The first-order chi connectivity index (χ1) is 10.1. The Bertz CT molecular complexity index is 867. The zero-order valence-electron chi connectivity index (χ0n) is 11.4. The molecule has 0 amide bonds. The van der Waals surface area contributed by atoms with Gasteiger partial charge in [-0.25, -0.2) is 4.98 Å². The highest BCUT2D eigenvalue weighted by Gasteiger charge is 2.10. The number of benzene rings is 1. The van der Waals surface area contributed by atoms with Gasteiger partial charge in [0, 0.05) is 11.6 Å². The Labute approximate surface area is 125 Å². The summed E-state index contributed by atoms with van der Waals surface area (Å²) < 4.78 is 1.45. The fourth-order valence-corrected chi connectivity index (χ4v) is 2.37. The molecule has 7 heteroatoms. The van der Waals surface area contributed by atoms with Gasteiger partial charge in [-0.1, -0.05) is 23.7 Å². The van der Waals surface area contributed by atoms with Crippen LogP contribution in [0.1, 0.15) is 11.1 Å². The first kappa shape index (κ1) is 13.6. The number of halogens is 1. The van der Waals surface area contributed by atoms with Crippen molar-refractivity contribution in [1.82, 2.24) is 19.5 Å². The van der Waals surface area contributed by atoms with Gasteiger partial charge in [0.15, 0.2) is 11.2 Å². The average Bonchev–Trinajstić information content (AvgIpc) is 2.90. The second-order valence-electron chi connectivity index (χ2n) is 4.86. The Hall–Kier alpha value is -2.34. The second-order valence-corrected chi connectivity index (χ2v) is 5.27. The smallest absolute Gasteiger partial charge is 0.280 e. The van der Waals surface area contributed by atoms with E-state index in [1.54, 1.807) is 0 Å². The van der Waals surface area contributed by atoms with E-state index in [1.807, 2.05) is 25.1 Å². The van der Waals surface area contributed by atoms with Gasteiger partial charge in [-0.2, -0.15) is 4.98 Å². The van der Waals surface area contributed by atoms with Crippen LogP contribution < -0.4 is 11.3 Å². The van der Waals surface area contributed by atoms with E-state index >= 15 is 0 Å². The lowest BCUT2D eigenvalue weighted by Gasteiger charge is -2.09. The molecule has 2 heterocycles. The van der Waals surface area contributed by atoms with E-state index in [1.165, 1.54) is 10.9 Å². The van der Waals surface area contributed by atoms with Crippen molar-refractivity contribution in [3.05, 3.63) is 51.0 Å². The van der Waals surface area contributed by atoms with Crippen LogP contribution in [0.25, 0.3) is 11.2 Å². The van der Waals surface area contributed by atoms with E-state index in [4.69, 9.17) is 17.3 Å². The summed E-state index contributed by atoms with van der Waals surface area (Å²) in [6.07, 6.45) is 2.11. The maximum atomic E-state index is 12.3. The number of aryl methyl sites for hydroxylation is 2. The van der Waals surface area contributed by atoms with Crippen LogP contribution in [-0.4, -0.2) is 19.5 Å². The van der Waals surface area contributed by atoms with Crippen LogP contribution in [0.3, 0.4) is 0 Å². The van der Waals surface area contributed by atoms with E-state index in [0.29, 0.717) is 24.1 Å². The number of aromatic amines is 1. The van der Waals surface area contributed by atoms with Crippen molar-refractivity contribution >= 4 is 28.7 Å². The zero-order valence-corrected chi connectivity index (χ0v) is 12.2. The lowest BCUT2D eigenvalue weighted by molar-refractivity contribution is 0.673. The second kappa shape index (κ2) is 5.21. The summed E-state index contributed by atoms with van der Waals surface area (Å²) in [5.74, 6) is 0.172. The SMILES string of the molecule is Cc1cc(CCn2c(N)nc3nc[nH]c3c2=O)ccc1Cl. The highest BCUT2D eigenvalue weighted by Crippen LogP contribution is 2.17. The Morgan fingerprint density at radius 1 is 1.43 bits per heavy atom. The van der Waals surface area contributed by atoms with Crippen molar-refractivity contribution in [2.24, 2.45) is 0 Å². The molecule has 0 saturated carbocycles. The molecule has 0 aliphatic heterocycles. The monoisotopic (exact) mass is 303 g/mol. The Balaban J connectivity index is 1.91. The van der Waals surface area contributed by atoms with Crippen LogP contribution in [0, 0.1) is 6.92 Å². The molecular formula is C14H14ClN5O. The van der Waals surface area contributed by atoms with Crippen LogP contribution in [0.5, 0.6) is 0 Å². The predicted molar refractivity (Wildman–Crippen MR) is 82.5 cm³/mol. The summed E-state index contributed by atoms with van der Waals surface area (Å²) in [4.78, 5) is 23.2. The molecule has 6 nitrogen and oxygen atoms in total. The average molecular weight is 304 g/mol. The van der Waals surface area contributed by atoms with Crippen LogP contribution in [-0.2, 0) is 13.0 Å². The molecule has 0 atom stereocenters. The molecule has 0 spiro atoms. The number of hydrogen-bond acceptors (Lipinski definition) is 4. The number of fused-ring (bicyclic) bond motifs is 1. The summed E-state index contributed by atoms with van der Waals surface area (Å²) >= 11 is 6.00. The summed E-state index contributed by atoms with van der Waals surface area (Å²) in [7, 11) is 0. The van der Waals surface area contributed by atoms with Gasteiger partial charge < -0.3 is 10.7 Å². The van der Waals surface area contributed by atoms with Crippen LogP contribution in [0.15, 0.2) is 29.3 Å². The molecule has 0 radical (unpaired) electrons. The number of H-pyrrole nitrogens is 1. The number of anilines is 1. The van der Waals surface area contributed by atoms with Gasteiger partial charge in [-0.3, -0.25) is 9.36 Å². The number of imidazole rings is 1. The predicted octanol–water partition coefficient (Wildman–Crippen LogP) is 1.91. The van der Waals surface area contributed by atoms with Crippen molar-refractivity contribution in [1.29, 1.82) is 0 Å². The summed E-state index contributed by atoms with van der Waals surface area (Å²) in [6, 6.07) is 5.80. The quantitative estimate of drug-likeness (QED) is 0.773. The van der Waals surface area contributed by atoms with Gasteiger partial charge in [0.25, 0.3) is 5.56 Å². The van der Waals surface area contributed by atoms with E-state index in [2.05, 4.69) is 15.0 Å². The molecule has 3 N–H and O–H groups in total. The van der Waals surface area contributed by atoms with Gasteiger partial charge >= 0.3 is 0 Å². The lowest BCUT2D eigenvalue weighted by Crippen LogP contribution is -2.25. The topological polar surface area (TPSA) is 89.6 Å². The van der Waals surface area contributed by atoms with Crippen LogP contribution in [0.2, 0.25) is 5.02 Å². The molecular weight excluding hydrogens is 290 g/mol. The maximum Gasteiger partial charge on any atom is 0.280 e. The molecule has 0 fully saturated rings. The van der Waals surface area contributed by atoms with Gasteiger partial charge in [-0.05, 0) is 30.5 Å². The third-order valence-corrected chi connectivity index (χ3v) is 3.85. The first-order valence-electron chi connectivity index (χ1n) is 6.50. The summed E-state index contributed by atoms with van der Waals surface area (Å²) in [6.45, 7) is 2.40. The molecule has 0 aliphatic rings. The molecule has 108 valence electrons. The van der Waals surface area contributed by atoms with Crippen molar-refractivity contribution in [3.8, 4) is 0 Å². The van der Waals surface area contributed by atoms with Gasteiger partial charge in [0.2, 0.25) is 5.95 Å². The Morgan fingerprint density at radius 3 is 3.00 bits per heavy atom. The molecule has 0 aliphatic carbocycles. The van der Waals surface area contributed by atoms with Crippen molar-refractivity contribution < 1.29 is 0 Å². The maximum absolute atomic E-state index is 12.3. The summed E-state index contributed by atoms with van der Waals surface area (Å²) in [5, 5.41) is 0.732. The molecule has 0 saturated heterocycles. The van der Waals surface area contributed by atoms with E-state index in [0.717, 1.165) is 16.1 Å². The van der Waals surface area contributed by atoms with Crippen molar-refractivity contribution in [2.45, 2.75) is 19.9 Å². The molecule has 3 rings (SSSR count). The standard InChI is InChI=1S/C14H14ClN5O/c1-8-6-9(2-3-10(8)15)4-5-20-13(21)11-12(18-7-17-11)19-14(20)16/h2-3,6-7H,4-5H2,1H3,(H2,16,19)(H,17,18). The van der Waals surface area contributed by atoms with Crippen molar-refractivity contribution in [2.75, 3.05) is 5.73 Å². The molecule has 0 bridgehead atoms. The number of aromatic nitrogens is 4. The first-order valence-corrected chi connectivity index (χ1v) is 6.88. The van der Waals surface area contributed by atoms with Gasteiger partial charge in [0.1, 0.15) is 0 Å². The van der Waals surface area contributed by atoms with E-state index in [-0.39, 0.29) is 11.5 Å². The molecule has 1 aromatic carbocycles. The van der Waals surface area contributed by atoms with Crippen LogP contribution in [0.4, 0.5) is 5.95 Å². The van der Waals surface area contributed by atoms with Gasteiger partial charge in [-0.15, -0.1) is 0 Å². The molecule has 3 aromatic rings. The molecule has 0 unspecified atom stereocenters. The van der Waals surface area contributed by atoms with E-state index < -0.39 is 0 Å². The van der Waals surface area contributed by atoms with Crippen molar-refractivity contribution in [3.63, 3.8) is 0 Å². The number of rotatable bonds is 3. The molecule has 2 aromatic heterocycles. The zero-order chi connectivity index (χ0) is 15.0. The minimum absolute atomic E-state index is 0.172. The lowest BCUT2D eigenvalue weighted by atomic mass is 10.1. The highest BCUT2D eigenvalue weighted by atomic mass is 35.5. The third-order valence-electron chi connectivity index (χ3n) is 3.42. The highest BCUT2D eigenvalue weighted by molar-refractivity contribution is 6.31. The Kier molecular flexibility index (Phi) is 3.39. The minimum atomic E-state index is -0.208. The Morgan fingerprint density at radius 2 is 2.24 bits per heavy atom. The fraction of sp³-hybridized carbons (Fsp3) is 0.214. The number of nitrogen functional groups attached to an aromatic ring is 1. The fourth-order valence-electron chi connectivity index (χ4n) is 2.26. The third kappa shape index (κ3) is 2.50. The number of nitrogens with zero attached hydrogens (tertiary/aromatic N) is 3. The van der Waals surface area contributed by atoms with Gasteiger partial charge in [0.05, 0.1) is 6.33 Å². The molecule has 21 heavy (non-hydrogen) atoms. The van der Waals surface area contributed by atoms with Crippen LogP contribution >= 0.6 is 11.6 Å². The number of nitrogens with one attached hydrogen (secondary N) is 1. The largest absolute Gasteiger partial charge is 0.369 e. The number of hydrogen-bond donors (Lipinski definition) is 2.